The zero-order valence-corrected chi connectivity index (χ0v) is 20.8. The molecule has 1 aliphatic rings. The molecule has 0 aliphatic carbocycles. The van der Waals surface area contributed by atoms with Crippen LogP contribution < -0.4 is 20.5 Å². The number of hydrogen-bond donors (Lipinski definition) is 1. The molecule has 2 aromatic carbocycles. The van der Waals surface area contributed by atoms with Gasteiger partial charge in [-0.05, 0) is 48.1 Å². The van der Waals surface area contributed by atoms with Gasteiger partial charge >= 0.3 is 5.97 Å². The number of ether oxygens (including phenoxy) is 1. The number of nitrogens with two attached hydrogens (primary N) is 1. The van der Waals surface area contributed by atoms with Crippen LogP contribution in [0.3, 0.4) is 0 Å². The van der Waals surface area contributed by atoms with Crippen LogP contribution in [0.25, 0.3) is 17.5 Å². The van der Waals surface area contributed by atoms with Crippen LogP contribution in [0.15, 0.2) is 58.9 Å². The highest BCUT2D eigenvalue weighted by Crippen LogP contribution is 2.36. The minimum absolute atomic E-state index is 0.00393. The molecule has 7 heteroatoms. The van der Waals surface area contributed by atoms with E-state index in [1.807, 2.05) is 48.5 Å². The molecule has 0 unspecified atom stereocenters. The van der Waals surface area contributed by atoms with Gasteiger partial charge in [0.05, 0.1) is 34.3 Å². The molecule has 0 spiro atoms. The second kappa shape index (κ2) is 10.2. The van der Waals surface area contributed by atoms with Gasteiger partial charge in [-0.2, -0.15) is 5.26 Å². The van der Waals surface area contributed by atoms with Crippen LogP contribution in [0.5, 0.6) is 0 Å². The lowest BCUT2D eigenvalue weighted by molar-refractivity contribution is -0.138. The fraction of sp³-hybridized carbons (Fsp3) is 0.250. The molecule has 6 nitrogen and oxygen atoms in total. The summed E-state index contributed by atoms with van der Waals surface area (Å²) < 4.78 is 7.45. The molecule has 0 radical (unpaired) electrons. The molecule has 0 fully saturated rings. The Bertz CT molecular complexity index is 1520. The van der Waals surface area contributed by atoms with E-state index in [2.05, 4.69) is 19.9 Å². The number of benzene rings is 2. The number of nitriles is 1. The zero-order valence-electron chi connectivity index (χ0n) is 20.0. The molecule has 1 aliphatic heterocycles. The summed E-state index contributed by atoms with van der Waals surface area (Å²) in [7, 11) is 0. The molecule has 4 rings (SSSR count). The first-order chi connectivity index (χ1) is 16.9. The topological polar surface area (TPSA) is 98.1 Å². The van der Waals surface area contributed by atoms with E-state index in [-0.39, 0.29) is 23.6 Å². The van der Waals surface area contributed by atoms with Gasteiger partial charge in [0.25, 0.3) is 5.56 Å². The summed E-state index contributed by atoms with van der Waals surface area (Å²) in [6, 6.07) is 18.0. The predicted octanol–water partition coefficient (Wildman–Crippen LogP) is 3.03. The molecule has 1 aromatic heterocycles. The van der Waals surface area contributed by atoms with Crippen molar-refractivity contribution in [2.75, 3.05) is 6.61 Å². The molecular weight excluding hydrogens is 458 g/mol. The molecule has 0 saturated carbocycles. The summed E-state index contributed by atoms with van der Waals surface area (Å²) in [5.74, 6) is -1.35. The Morgan fingerprint density at radius 1 is 1.09 bits per heavy atom. The van der Waals surface area contributed by atoms with Crippen molar-refractivity contribution >= 4 is 34.8 Å². The largest absolute Gasteiger partial charge is 0.463 e. The van der Waals surface area contributed by atoms with Gasteiger partial charge in [-0.1, -0.05) is 62.4 Å². The third-order valence-electron chi connectivity index (χ3n) is 6.17. The Balaban J connectivity index is 2.00. The lowest BCUT2D eigenvalue weighted by Gasteiger charge is -2.25. The van der Waals surface area contributed by atoms with Gasteiger partial charge in [0.1, 0.15) is 10.5 Å². The first-order valence-electron chi connectivity index (χ1n) is 11.7. The van der Waals surface area contributed by atoms with Gasteiger partial charge in [-0.3, -0.25) is 9.36 Å². The van der Waals surface area contributed by atoms with Crippen molar-refractivity contribution in [2.24, 2.45) is 5.73 Å². The summed E-state index contributed by atoms with van der Waals surface area (Å²) in [5.41, 5.74) is 10.5. The molecule has 2 N–H and O–H groups in total. The van der Waals surface area contributed by atoms with E-state index in [0.29, 0.717) is 14.8 Å². The number of rotatable bonds is 6. The van der Waals surface area contributed by atoms with E-state index >= 15 is 0 Å². The van der Waals surface area contributed by atoms with Crippen molar-refractivity contribution in [1.82, 2.24) is 4.57 Å². The van der Waals surface area contributed by atoms with Crippen molar-refractivity contribution in [3.63, 3.8) is 0 Å². The molecule has 0 bridgehead atoms. The standard InChI is InChI=1S/C28H27N3O3S/c1-4-17-7-9-19(10-8-17)15-22-26(32)31-25(30)24(28(33)34-6-3)23(21(16-29)27(31)35-22)20-13-11-18(5-2)12-14-20/h7-15,23H,4-6,30H2,1-3H3/b22-15-/t23-/m0/s1. The minimum Gasteiger partial charge on any atom is -0.463 e. The molecular formula is C28H27N3O3S. The molecule has 3 aromatic rings. The molecule has 35 heavy (non-hydrogen) atoms. The first-order valence-corrected chi connectivity index (χ1v) is 12.5. The lowest BCUT2D eigenvalue weighted by atomic mass is 9.83. The number of aryl methyl sites for hydroxylation is 2. The van der Waals surface area contributed by atoms with Crippen LogP contribution in [0.1, 0.15) is 48.9 Å². The zero-order chi connectivity index (χ0) is 25.1. The van der Waals surface area contributed by atoms with Gasteiger partial charge in [-0.15, -0.1) is 11.3 Å². The van der Waals surface area contributed by atoms with Crippen LogP contribution in [-0.2, 0) is 22.4 Å². The van der Waals surface area contributed by atoms with Gasteiger partial charge in [-0.25, -0.2) is 4.79 Å². The van der Waals surface area contributed by atoms with Crippen molar-refractivity contribution in [3.8, 4) is 6.07 Å². The van der Waals surface area contributed by atoms with Crippen LogP contribution in [0.2, 0.25) is 0 Å². The van der Waals surface area contributed by atoms with E-state index in [1.54, 1.807) is 13.0 Å². The molecule has 1 atom stereocenters. The lowest BCUT2D eigenvalue weighted by Crippen LogP contribution is -2.40. The van der Waals surface area contributed by atoms with Crippen LogP contribution in [0.4, 0.5) is 0 Å². The second-order valence-corrected chi connectivity index (χ2v) is 9.26. The smallest absolute Gasteiger partial charge is 0.338 e. The highest BCUT2D eigenvalue weighted by Gasteiger charge is 2.36. The van der Waals surface area contributed by atoms with E-state index in [0.717, 1.165) is 29.5 Å². The maximum absolute atomic E-state index is 13.4. The van der Waals surface area contributed by atoms with Gasteiger partial charge in [0.2, 0.25) is 0 Å². The monoisotopic (exact) mass is 485 g/mol. The fourth-order valence-corrected chi connectivity index (χ4v) is 5.37. The molecule has 0 amide bonds. The van der Waals surface area contributed by atoms with E-state index in [9.17, 15) is 14.9 Å². The van der Waals surface area contributed by atoms with E-state index in [1.165, 1.54) is 21.5 Å². The summed E-state index contributed by atoms with van der Waals surface area (Å²) in [6.07, 6.45) is 3.58. The Morgan fingerprint density at radius 3 is 2.23 bits per heavy atom. The van der Waals surface area contributed by atoms with E-state index in [4.69, 9.17) is 10.5 Å². The summed E-state index contributed by atoms with van der Waals surface area (Å²) >= 11 is 1.21. The van der Waals surface area contributed by atoms with Gasteiger partial charge in [0, 0.05) is 0 Å². The van der Waals surface area contributed by atoms with Crippen molar-refractivity contribution in [3.05, 3.63) is 95.9 Å². The van der Waals surface area contributed by atoms with Crippen molar-refractivity contribution in [2.45, 2.75) is 39.5 Å². The summed E-state index contributed by atoms with van der Waals surface area (Å²) in [5, 5.41) is 10.2. The Kier molecular flexibility index (Phi) is 7.04. The molecule has 178 valence electrons. The second-order valence-electron chi connectivity index (χ2n) is 8.22. The highest BCUT2D eigenvalue weighted by atomic mass is 32.1. The Labute approximate surface area is 207 Å². The third kappa shape index (κ3) is 4.45. The summed E-state index contributed by atoms with van der Waals surface area (Å²) in [6.45, 7) is 6.00. The van der Waals surface area contributed by atoms with Gasteiger partial charge < -0.3 is 10.5 Å². The molecule has 2 heterocycles. The predicted molar refractivity (Wildman–Crippen MR) is 139 cm³/mol. The van der Waals surface area contributed by atoms with Gasteiger partial charge in [0.15, 0.2) is 0 Å². The minimum atomic E-state index is -0.723. The normalized spacial score (nSPS) is 15.7. The van der Waals surface area contributed by atoms with Crippen molar-refractivity contribution in [1.29, 1.82) is 5.26 Å². The van der Waals surface area contributed by atoms with Crippen molar-refractivity contribution < 1.29 is 9.53 Å². The number of thiazole rings is 1. The number of nitrogens with zero attached hydrogens (tertiary/aromatic N) is 2. The Morgan fingerprint density at radius 2 is 1.69 bits per heavy atom. The maximum Gasteiger partial charge on any atom is 0.338 e. The summed E-state index contributed by atoms with van der Waals surface area (Å²) in [4.78, 5) is 26.5. The number of hydrogen-bond acceptors (Lipinski definition) is 6. The quantitative estimate of drug-likeness (QED) is 0.541. The fourth-order valence-electron chi connectivity index (χ4n) is 4.24. The van der Waals surface area contributed by atoms with E-state index < -0.39 is 11.9 Å². The average molecular weight is 486 g/mol. The van der Waals surface area contributed by atoms with Crippen LogP contribution in [0, 0.1) is 11.3 Å². The first kappa shape index (κ1) is 24.2. The Hall–Kier alpha value is -3.89. The number of carbonyl (C=O) groups excluding carboxylic acids is 1. The third-order valence-corrected chi connectivity index (χ3v) is 7.28. The SMILES string of the molecule is CCOC(=O)C1=C(N)n2c(s/c(=C\c3ccc(CC)cc3)c2=O)=C(C#N)[C@@H]1c1ccc(CC)cc1. The highest BCUT2D eigenvalue weighted by molar-refractivity contribution is 7.07. The maximum atomic E-state index is 13.4. The number of carbonyl (C=O) groups is 1. The molecule has 0 saturated heterocycles. The number of aromatic nitrogens is 1. The number of fused-ring (bicyclic) bond motifs is 1. The average Bonchev–Trinajstić information content (AvgIpc) is 3.20. The number of esters is 1. The van der Waals surface area contributed by atoms with Crippen LogP contribution in [-0.4, -0.2) is 17.1 Å². The van der Waals surface area contributed by atoms with Crippen LogP contribution >= 0.6 is 11.3 Å².